The summed E-state index contributed by atoms with van der Waals surface area (Å²) in [7, 11) is -4.57. The Hall–Kier alpha value is -1.35. The summed E-state index contributed by atoms with van der Waals surface area (Å²) in [5, 5.41) is 0. The second kappa shape index (κ2) is 8.49. The van der Waals surface area contributed by atoms with Crippen LogP contribution in [-0.2, 0) is 32.6 Å². The maximum atomic E-state index is 11.4. The Bertz CT molecular complexity index is 410. The Morgan fingerprint density at radius 2 is 1.13 bits per heavy atom. The molecule has 0 radical (unpaired) electrons. The molecule has 0 aliphatic rings. The second-order valence-electron chi connectivity index (χ2n) is 6.18. The van der Waals surface area contributed by atoms with Crippen LogP contribution >= 0.6 is 7.82 Å². The number of carbonyl (C=O) groups excluding carboxylic acids is 2. The highest BCUT2D eigenvalue weighted by Crippen LogP contribution is 2.42. The van der Waals surface area contributed by atoms with Crippen molar-refractivity contribution < 1.29 is 47.0 Å². The van der Waals surface area contributed by atoms with Crippen LogP contribution in [0.15, 0.2) is 0 Å². The number of hydrogen-bond donors (Lipinski definition) is 1. The van der Waals surface area contributed by atoms with E-state index in [1.165, 1.54) is 0 Å². The van der Waals surface area contributed by atoms with Crippen LogP contribution in [0, 0.1) is 0 Å². The number of hydrogen-bond acceptors (Lipinski definition) is 9. The first kappa shape index (κ1) is 21.6. The molecule has 0 bridgehead atoms. The van der Waals surface area contributed by atoms with Crippen molar-refractivity contribution in [1.29, 1.82) is 0 Å². The molecule has 0 unspecified atom stereocenters. The quantitative estimate of drug-likeness (QED) is 0.430. The summed E-state index contributed by atoms with van der Waals surface area (Å²) in [6.45, 7) is 7.93. The van der Waals surface area contributed by atoms with E-state index in [2.05, 4.69) is 18.5 Å². The molecule has 0 aliphatic heterocycles. The third-order valence-electron chi connectivity index (χ3n) is 1.56. The fraction of sp³-hybridized carbons (Fsp3) is 0.833. The number of carbonyl (C=O) groups is 2. The molecule has 0 heterocycles. The van der Waals surface area contributed by atoms with Crippen LogP contribution in [0.2, 0.25) is 0 Å². The molecule has 11 heteroatoms. The van der Waals surface area contributed by atoms with E-state index >= 15 is 0 Å². The van der Waals surface area contributed by atoms with Gasteiger partial charge in [0.1, 0.15) is 11.2 Å². The molecule has 23 heavy (non-hydrogen) atoms. The minimum atomic E-state index is -4.57. The van der Waals surface area contributed by atoms with Gasteiger partial charge in [-0.25, -0.2) is 23.2 Å². The summed E-state index contributed by atoms with van der Waals surface area (Å²) in [6, 6.07) is 0. The van der Waals surface area contributed by atoms with Crippen LogP contribution in [-0.4, -0.2) is 42.0 Å². The number of ether oxygens (including phenoxy) is 4. The molecule has 1 N–H and O–H groups in total. The van der Waals surface area contributed by atoms with Crippen molar-refractivity contribution in [3.8, 4) is 0 Å². The maximum Gasteiger partial charge on any atom is 0.510 e. The van der Waals surface area contributed by atoms with E-state index in [1.807, 2.05) is 0 Å². The monoisotopic (exact) mass is 358 g/mol. The predicted molar refractivity (Wildman–Crippen MR) is 76.4 cm³/mol. The highest BCUT2D eigenvalue weighted by Gasteiger charge is 2.25. The fourth-order valence-electron chi connectivity index (χ4n) is 0.878. The van der Waals surface area contributed by atoms with Gasteiger partial charge in [0.2, 0.25) is 13.6 Å². The van der Waals surface area contributed by atoms with E-state index in [0.29, 0.717) is 0 Å². The zero-order valence-corrected chi connectivity index (χ0v) is 14.9. The van der Waals surface area contributed by atoms with Crippen LogP contribution in [0.3, 0.4) is 0 Å². The van der Waals surface area contributed by atoms with Crippen LogP contribution in [0.4, 0.5) is 9.59 Å². The number of rotatable bonds is 6. The molecule has 0 aromatic rings. The molecule has 0 aliphatic carbocycles. The van der Waals surface area contributed by atoms with Gasteiger partial charge < -0.3 is 23.8 Å². The Kier molecular flexibility index (Phi) is 7.99. The first-order valence-corrected chi connectivity index (χ1v) is 8.03. The lowest BCUT2D eigenvalue weighted by Gasteiger charge is -2.19. The molecule has 0 rings (SSSR count). The molecule has 0 aromatic carbocycles. The van der Waals surface area contributed by atoms with Crippen molar-refractivity contribution in [2.45, 2.75) is 52.7 Å². The minimum absolute atomic E-state index is 0.780. The molecular weight excluding hydrogens is 335 g/mol. The summed E-state index contributed by atoms with van der Waals surface area (Å²) in [6.07, 6.45) is -2.16. The lowest BCUT2D eigenvalue weighted by atomic mass is 10.2. The minimum Gasteiger partial charge on any atom is -0.429 e. The first-order chi connectivity index (χ1) is 10.2. The van der Waals surface area contributed by atoms with Gasteiger partial charge in [0.25, 0.3) is 0 Å². The molecule has 0 spiro atoms. The number of phosphoric ester groups is 1. The molecule has 0 fully saturated rings. The molecular formula is C12H23O10P. The fourth-order valence-corrected chi connectivity index (χ4v) is 1.32. The molecule has 10 nitrogen and oxygen atoms in total. The molecule has 0 aromatic heterocycles. The van der Waals surface area contributed by atoms with Gasteiger partial charge in [-0.05, 0) is 41.5 Å². The molecule has 0 saturated carbocycles. The van der Waals surface area contributed by atoms with Crippen molar-refractivity contribution in [2.75, 3.05) is 13.6 Å². The van der Waals surface area contributed by atoms with E-state index < -0.39 is 44.9 Å². The van der Waals surface area contributed by atoms with E-state index in [0.717, 1.165) is 0 Å². The lowest BCUT2D eigenvalue weighted by Crippen LogP contribution is -2.25. The topological polar surface area (TPSA) is 127 Å². The van der Waals surface area contributed by atoms with Crippen molar-refractivity contribution in [3.05, 3.63) is 0 Å². The van der Waals surface area contributed by atoms with Crippen molar-refractivity contribution in [2.24, 2.45) is 0 Å². The Morgan fingerprint density at radius 1 is 0.826 bits per heavy atom. The van der Waals surface area contributed by atoms with E-state index in [1.54, 1.807) is 41.5 Å². The molecule has 0 saturated heterocycles. The van der Waals surface area contributed by atoms with Gasteiger partial charge in [-0.15, -0.1) is 0 Å². The van der Waals surface area contributed by atoms with E-state index in [-0.39, 0.29) is 0 Å². The highest BCUT2D eigenvalue weighted by atomic mass is 31.2. The van der Waals surface area contributed by atoms with Gasteiger partial charge in [0, 0.05) is 0 Å². The van der Waals surface area contributed by atoms with Crippen LogP contribution < -0.4 is 0 Å². The third kappa shape index (κ3) is 14.0. The van der Waals surface area contributed by atoms with E-state index in [9.17, 15) is 19.0 Å². The third-order valence-corrected chi connectivity index (χ3v) is 2.43. The van der Waals surface area contributed by atoms with Crippen LogP contribution in [0.25, 0.3) is 0 Å². The normalized spacial score (nSPS) is 12.5. The van der Waals surface area contributed by atoms with Crippen molar-refractivity contribution in [3.63, 3.8) is 0 Å². The van der Waals surface area contributed by atoms with E-state index in [4.69, 9.17) is 9.47 Å². The van der Waals surface area contributed by atoms with Gasteiger partial charge in [-0.3, -0.25) is 0 Å². The highest BCUT2D eigenvalue weighted by molar-refractivity contribution is 7.47. The Morgan fingerprint density at radius 3 is 1.39 bits per heavy atom. The largest absolute Gasteiger partial charge is 0.510 e. The van der Waals surface area contributed by atoms with Crippen molar-refractivity contribution >= 4 is 20.1 Å². The molecule has 136 valence electrons. The summed E-state index contributed by atoms with van der Waals surface area (Å²) in [5.41, 5.74) is -1.56. The second-order valence-corrected chi connectivity index (χ2v) is 7.63. The Balaban J connectivity index is 4.00. The van der Waals surface area contributed by atoms with Gasteiger partial charge in [0.05, 0.1) is 0 Å². The number of phosphoric acid groups is 1. The summed E-state index contributed by atoms with van der Waals surface area (Å²) in [5.74, 6) is 0. The van der Waals surface area contributed by atoms with Crippen LogP contribution in [0.1, 0.15) is 41.5 Å². The van der Waals surface area contributed by atoms with Gasteiger partial charge in [0.15, 0.2) is 0 Å². The zero-order chi connectivity index (χ0) is 18.3. The predicted octanol–water partition coefficient (Wildman–Crippen LogP) is 2.94. The summed E-state index contributed by atoms with van der Waals surface area (Å²) >= 11 is 0. The average Bonchev–Trinajstić information content (AvgIpc) is 2.22. The zero-order valence-electron chi connectivity index (χ0n) is 14.0. The summed E-state index contributed by atoms with van der Waals surface area (Å²) < 4.78 is 38.4. The molecule has 0 amide bonds. The SMILES string of the molecule is CC(C)(C)OC(=O)OCOP(=O)(O)OCOC(=O)OC(C)(C)C. The van der Waals surface area contributed by atoms with Gasteiger partial charge in [-0.2, -0.15) is 0 Å². The average molecular weight is 358 g/mol. The standard InChI is InChI=1S/C12H23O10P/c1-11(2,3)21-9(13)17-7-19-23(15,16)20-8-18-10(14)22-12(4,5)6/h7-8H2,1-6H3,(H,15,16). The van der Waals surface area contributed by atoms with Gasteiger partial charge >= 0.3 is 20.1 Å². The first-order valence-electron chi connectivity index (χ1n) is 6.54. The lowest BCUT2D eigenvalue weighted by molar-refractivity contribution is -0.0582. The molecule has 0 atom stereocenters. The van der Waals surface area contributed by atoms with Crippen molar-refractivity contribution in [1.82, 2.24) is 0 Å². The smallest absolute Gasteiger partial charge is 0.429 e. The Labute approximate surface area is 134 Å². The van der Waals surface area contributed by atoms with Gasteiger partial charge in [-0.1, -0.05) is 0 Å². The maximum absolute atomic E-state index is 11.4. The van der Waals surface area contributed by atoms with Crippen LogP contribution in [0.5, 0.6) is 0 Å². The summed E-state index contributed by atoms with van der Waals surface area (Å²) in [4.78, 5) is 31.6.